The number of piperidine rings is 1. The van der Waals surface area contributed by atoms with Crippen LogP contribution < -0.4 is 10.1 Å². The van der Waals surface area contributed by atoms with Crippen molar-refractivity contribution in [3.8, 4) is 5.75 Å². The summed E-state index contributed by atoms with van der Waals surface area (Å²) in [5.41, 5.74) is 1.06. The third-order valence-electron chi connectivity index (χ3n) is 4.40. The highest BCUT2D eigenvalue weighted by atomic mass is 16.5. The average Bonchev–Trinajstić information content (AvgIpc) is 2.59. The van der Waals surface area contributed by atoms with E-state index in [1.54, 1.807) is 0 Å². The summed E-state index contributed by atoms with van der Waals surface area (Å²) in [4.78, 5) is 14.9. The number of hydrogen-bond acceptors (Lipinski definition) is 3. The molecule has 2 rings (SSSR count). The second-order valence-corrected chi connectivity index (χ2v) is 7.09. The Hall–Kier alpha value is -1.55. The van der Waals surface area contributed by atoms with Crippen LogP contribution in [0.3, 0.4) is 0 Å². The maximum absolute atomic E-state index is 12.8. The fourth-order valence-corrected chi connectivity index (χ4v) is 3.11. The normalized spacial score (nSPS) is 15.5. The Morgan fingerprint density at radius 3 is 2.50 bits per heavy atom. The second kappa shape index (κ2) is 9.67. The minimum Gasteiger partial charge on any atom is -0.493 e. The molecule has 0 unspecified atom stereocenters. The van der Waals surface area contributed by atoms with Gasteiger partial charge in [-0.05, 0) is 56.0 Å². The first-order chi connectivity index (χ1) is 11.6. The summed E-state index contributed by atoms with van der Waals surface area (Å²) in [5.74, 6) is 1.64. The minimum atomic E-state index is 0.250. The number of ether oxygens (including phenoxy) is 1. The van der Waals surface area contributed by atoms with Crippen LogP contribution in [-0.2, 0) is 11.2 Å². The zero-order chi connectivity index (χ0) is 17.4. The first-order valence-corrected chi connectivity index (χ1v) is 9.32. The largest absolute Gasteiger partial charge is 0.493 e. The Morgan fingerprint density at radius 2 is 1.92 bits per heavy atom. The number of nitrogens with one attached hydrogen (secondary N) is 1. The van der Waals surface area contributed by atoms with Gasteiger partial charge in [0.15, 0.2) is 0 Å². The molecule has 134 valence electrons. The van der Waals surface area contributed by atoms with Gasteiger partial charge in [0, 0.05) is 12.6 Å². The smallest absolute Gasteiger partial charge is 0.227 e. The lowest BCUT2D eigenvalue weighted by Gasteiger charge is -2.34. The summed E-state index contributed by atoms with van der Waals surface area (Å²) >= 11 is 0. The molecule has 0 saturated carbocycles. The maximum atomic E-state index is 12.8. The van der Waals surface area contributed by atoms with Gasteiger partial charge in [-0.25, -0.2) is 0 Å². The van der Waals surface area contributed by atoms with Crippen molar-refractivity contribution >= 4 is 5.91 Å². The molecule has 0 radical (unpaired) electrons. The molecular weight excluding hydrogens is 300 g/mol. The van der Waals surface area contributed by atoms with E-state index in [4.69, 9.17) is 4.74 Å². The SMILES string of the molecule is CCCN(C(=O)Cc1ccc(OCC(C)C)cc1)C1CCNCC1. The highest BCUT2D eigenvalue weighted by Crippen LogP contribution is 2.17. The van der Waals surface area contributed by atoms with Crippen molar-refractivity contribution in [3.05, 3.63) is 29.8 Å². The molecule has 0 aliphatic carbocycles. The number of carbonyl (C=O) groups is 1. The standard InChI is InChI=1S/C20H32N2O2/c1-4-13-22(18-9-11-21-12-10-18)20(23)14-17-5-7-19(8-6-17)24-15-16(2)3/h5-8,16,18,21H,4,9-15H2,1-3H3. The van der Waals surface area contributed by atoms with Gasteiger partial charge in [-0.15, -0.1) is 0 Å². The van der Waals surface area contributed by atoms with E-state index in [0.717, 1.165) is 56.8 Å². The van der Waals surface area contributed by atoms with Crippen molar-refractivity contribution < 1.29 is 9.53 Å². The summed E-state index contributed by atoms with van der Waals surface area (Å²) < 4.78 is 5.71. The van der Waals surface area contributed by atoms with E-state index >= 15 is 0 Å². The van der Waals surface area contributed by atoms with E-state index in [0.29, 0.717) is 18.4 Å². The molecule has 4 heteroatoms. The van der Waals surface area contributed by atoms with Gasteiger partial charge in [-0.3, -0.25) is 4.79 Å². The summed E-state index contributed by atoms with van der Waals surface area (Å²) in [6.45, 7) is 10.0. The predicted molar refractivity (Wildman–Crippen MR) is 98.4 cm³/mol. The van der Waals surface area contributed by atoms with Crippen LogP contribution in [0.1, 0.15) is 45.6 Å². The summed E-state index contributed by atoms with van der Waals surface area (Å²) in [6.07, 6.45) is 3.62. The van der Waals surface area contributed by atoms with Crippen molar-refractivity contribution in [1.29, 1.82) is 0 Å². The Balaban J connectivity index is 1.93. The molecule has 1 amide bonds. The Bertz CT molecular complexity index is 493. The topological polar surface area (TPSA) is 41.6 Å². The fourth-order valence-electron chi connectivity index (χ4n) is 3.11. The van der Waals surface area contributed by atoms with Crippen LogP contribution in [0.4, 0.5) is 0 Å². The molecule has 1 aliphatic rings. The average molecular weight is 332 g/mol. The van der Waals surface area contributed by atoms with Gasteiger partial charge in [0.25, 0.3) is 0 Å². The van der Waals surface area contributed by atoms with Gasteiger partial charge in [0.05, 0.1) is 13.0 Å². The van der Waals surface area contributed by atoms with Crippen LogP contribution in [0, 0.1) is 5.92 Å². The molecule has 0 spiro atoms. The summed E-state index contributed by atoms with van der Waals surface area (Å²) in [7, 11) is 0. The number of carbonyl (C=O) groups excluding carboxylic acids is 1. The van der Waals surface area contributed by atoms with Crippen molar-refractivity contribution in [1.82, 2.24) is 10.2 Å². The van der Waals surface area contributed by atoms with E-state index in [9.17, 15) is 4.79 Å². The zero-order valence-corrected chi connectivity index (χ0v) is 15.4. The predicted octanol–water partition coefficient (Wildman–Crippen LogP) is 3.25. The molecule has 1 aliphatic heterocycles. The Kier molecular flexibility index (Phi) is 7.57. The van der Waals surface area contributed by atoms with Crippen LogP contribution in [0.15, 0.2) is 24.3 Å². The summed E-state index contributed by atoms with van der Waals surface area (Å²) in [6, 6.07) is 8.37. The fraction of sp³-hybridized carbons (Fsp3) is 0.650. The first kappa shape index (κ1) is 18.8. The van der Waals surface area contributed by atoms with Gasteiger partial charge in [-0.1, -0.05) is 32.9 Å². The second-order valence-electron chi connectivity index (χ2n) is 7.09. The third kappa shape index (κ3) is 5.82. The summed E-state index contributed by atoms with van der Waals surface area (Å²) in [5, 5.41) is 3.37. The maximum Gasteiger partial charge on any atom is 0.227 e. The van der Waals surface area contributed by atoms with Crippen LogP contribution in [0.2, 0.25) is 0 Å². The molecule has 1 saturated heterocycles. The molecule has 1 N–H and O–H groups in total. The molecule has 24 heavy (non-hydrogen) atoms. The highest BCUT2D eigenvalue weighted by Gasteiger charge is 2.24. The third-order valence-corrected chi connectivity index (χ3v) is 4.40. The first-order valence-electron chi connectivity index (χ1n) is 9.32. The van der Waals surface area contributed by atoms with Crippen LogP contribution in [0.25, 0.3) is 0 Å². The molecule has 1 heterocycles. The Morgan fingerprint density at radius 1 is 1.25 bits per heavy atom. The van der Waals surface area contributed by atoms with E-state index in [1.807, 2.05) is 24.3 Å². The number of amides is 1. The lowest BCUT2D eigenvalue weighted by Crippen LogP contribution is -2.47. The van der Waals surface area contributed by atoms with Crippen molar-refractivity contribution in [3.63, 3.8) is 0 Å². The van der Waals surface area contributed by atoms with Gasteiger partial charge in [-0.2, -0.15) is 0 Å². The lowest BCUT2D eigenvalue weighted by molar-refractivity contribution is -0.133. The zero-order valence-electron chi connectivity index (χ0n) is 15.4. The van der Waals surface area contributed by atoms with E-state index in [1.165, 1.54) is 0 Å². The van der Waals surface area contributed by atoms with Gasteiger partial charge in [0.1, 0.15) is 5.75 Å². The molecule has 0 aromatic heterocycles. The number of rotatable bonds is 8. The van der Waals surface area contributed by atoms with Gasteiger partial charge >= 0.3 is 0 Å². The van der Waals surface area contributed by atoms with Crippen molar-refractivity contribution in [2.75, 3.05) is 26.2 Å². The van der Waals surface area contributed by atoms with Crippen LogP contribution in [0.5, 0.6) is 5.75 Å². The number of nitrogens with zero attached hydrogens (tertiary/aromatic N) is 1. The van der Waals surface area contributed by atoms with Gasteiger partial charge < -0.3 is 15.0 Å². The van der Waals surface area contributed by atoms with Crippen molar-refractivity contribution in [2.45, 2.75) is 52.5 Å². The van der Waals surface area contributed by atoms with E-state index in [-0.39, 0.29) is 5.91 Å². The molecular formula is C20H32N2O2. The Labute approximate surface area is 146 Å². The van der Waals surface area contributed by atoms with E-state index in [2.05, 4.69) is 31.0 Å². The van der Waals surface area contributed by atoms with Crippen LogP contribution in [-0.4, -0.2) is 43.1 Å². The van der Waals surface area contributed by atoms with Crippen LogP contribution >= 0.6 is 0 Å². The molecule has 0 atom stereocenters. The molecule has 1 aromatic carbocycles. The van der Waals surface area contributed by atoms with E-state index < -0.39 is 0 Å². The van der Waals surface area contributed by atoms with Gasteiger partial charge in [0.2, 0.25) is 5.91 Å². The van der Waals surface area contributed by atoms with Crippen molar-refractivity contribution in [2.24, 2.45) is 5.92 Å². The highest BCUT2D eigenvalue weighted by molar-refractivity contribution is 5.79. The monoisotopic (exact) mass is 332 g/mol. The molecule has 4 nitrogen and oxygen atoms in total. The lowest BCUT2D eigenvalue weighted by atomic mass is 10.0. The number of benzene rings is 1. The minimum absolute atomic E-state index is 0.250. The molecule has 0 bridgehead atoms. The quantitative estimate of drug-likeness (QED) is 0.794. The molecule has 1 fully saturated rings. The molecule has 1 aromatic rings. The number of hydrogen-bond donors (Lipinski definition) is 1.